The van der Waals surface area contributed by atoms with Gasteiger partial charge in [0.05, 0.1) is 23.4 Å². The number of carbonyl (C=O) groups excluding carboxylic acids is 3. The third-order valence-electron chi connectivity index (χ3n) is 6.53. The first-order valence-corrected chi connectivity index (χ1v) is 14.0. The van der Waals surface area contributed by atoms with Gasteiger partial charge in [0.2, 0.25) is 11.8 Å². The Morgan fingerprint density at radius 3 is 2.63 bits per heavy atom. The van der Waals surface area contributed by atoms with Crippen LogP contribution in [0.25, 0.3) is 15.9 Å². The molecular formula is C28H26N4O4S2. The topological polar surface area (TPSA) is 101 Å². The van der Waals surface area contributed by atoms with Crippen LogP contribution in [0.2, 0.25) is 0 Å². The average Bonchev–Trinajstić information content (AvgIpc) is 3.26. The number of nitrogens with zero attached hydrogens (tertiary/aromatic N) is 3. The fourth-order valence-electron chi connectivity index (χ4n) is 4.56. The number of thioether (sulfide) groups is 1. The lowest BCUT2D eigenvalue weighted by atomic mass is 10.1. The predicted molar refractivity (Wildman–Crippen MR) is 151 cm³/mol. The van der Waals surface area contributed by atoms with Crippen molar-refractivity contribution >= 4 is 56.6 Å². The number of rotatable bonds is 6. The molecule has 5 rings (SSSR count). The Kier molecular flexibility index (Phi) is 7.18. The lowest BCUT2D eigenvalue weighted by molar-refractivity contribution is -0.129. The Balaban J connectivity index is 1.51. The van der Waals surface area contributed by atoms with Crippen molar-refractivity contribution in [3.63, 3.8) is 0 Å². The van der Waals surface area contributed by atoms with Gasteiger partial charge in [-0.15, -0.1) is 11.3 Å². The van der Waals surface area contributed by atoms with Crippen molar-refractivity contribution in [2.24, 2.45) is 0 Å². The van der Waals surface area contributed by atoms with Crippen LogP contribution >= 0.6 is 23.1 Å². The quantitative estimate of drug-likeness (QED) is 0.216. The zero-order valence-corrected chi connectivity index (χ0v) is 22.9. The van der Waals surface area contributed by atoms with Gasteiger partial charge in [0.1, 0.15) is 4.83 Å². The number of nitrogens with one attached hydrogen (secondary N) is 1. The molecule has 1 aliphatic rings. The van der Waals surface area contributed by atoms with Gasteiger partial charge in [-0.2, -0.15) is 0 Å². The van der Waals surface area contributed by atoms with Gasteiger partial charge in [-0.3, -0.25) is 23.7 Å². The second-order valence-corrected chi connectivity index (χ2v) is 11.2. The second-order valence-electron chi connectivity index (χ2n) is 9.17. The number of thiophene rings is 1. The van der Waals surface area contributed by atoms with Crippen molar-refractivity contribution < 1.29 is 14.4 Å². The monoisotopic (exact) mass is 546 g/mol. The fraction of sp³-hybridized carbons (Fsp3) is 0.250. The summed E-state index contributed by atoms with van der Waals surface area (Å²) in [7, 11) is 0. The van der Waals surface area contributed by atoms with Crippen LogP contribution in [-0.2, 0) is 22.6 Å². The first-order valence-electron chi connectivity index (χ1n) is 12.2. The number of ketones is 1. The SMILES string of the molecule is CC(=O)c1cccc(NC(=O)CSc2nc3sc4c(c3c(=O)n2-c2ccccc2C)CCN(C(C)=O)C4)c1. The largest absolute Gasteiger partial charge is 0.337 e. The van der Waals surface area contributed by atoms with Crippen LogP contribution < -0.4 is 10.9 Å². The summed E-state index contributed by atoms with van der Waals surface area (Å²) < 4.78 is 1.59. The van der Waals surface area contributed by atoms with E-state index in [0.29, 0.717) is 51.8 Å². The predicted octanol–water partition coefficient (Wildman–Crippen LogP) is 4.59. The number of hydrogen-bond donors (Lipinski definition) is 1. The summed E-state index contributed by atoms with van der Waals surface area (Å²) >= 11 is 2.62. The molecular weight excluding hydrogens is 520 g/mol. The van der Waals surface area contributed by atoms with Gasteiger partial charge in [-0.05, 0) is 49.6 Å². The van der Waals surface area contributed by atoms with Gasteiger partial charge < -0.3 is 10.2 Å². The molecule has 0 spiro atoms. The molecule has 0 aliphatic carbocycles. The van der Waals surface area contributed by atoms with Crippen molar-refractivity contribution in [1.29, 1.82) is 0 Å². The molecule has 0 atom stereocenters. The molecule has 0 saturated heterocycles. The Hall–Kier alpha value is -3.76. The molecule has 0 bridgehead atoms. The molecule has 194 valence electrons. The fourth-order valence-corrected chi connectivity index (χ4v) is 6.64. The van der Waals surface area contributed by atoms with Crippen molar-refractivity contribution in [1.82, 2.24) is 14.5 Å². The Bertz CT molecular complexity index is 1660. The average molecular weight is 547 g/mol. The van der Waals surface area contributed by atoms with Gasteiger partial charge in [-0.25, -0.2) is 4.98 Å². The van der Waals surface area contributed by atoms with Gasteiger partial charge in [0.15, 0.2) is 10.9 Å². The zero-order chi connectivity index (χ0) is 27.0. The Morgan fingerprint density at radius 1 is 1.11 bits per heavy atom. The molecule has 0 saturated carbocycles. The van der Waals surface area contributed by atoms with Crippen LogP contribution in [0.1, 0.15) is 40.2 Å². The number of Topliss-reactive ketones (excluding diaryl/α,β-unsaturated/α-hetero) is 1. The van der Waals surface area contributed by atoms with Crippen LogP contribution in [-0.4, -0.2) is 44.3 Å². The van der Waals surface area contributed by atoms with E-state index in [-0.39, 0.29) is 28.9 Å². The van der Waals surface area contributed by atoms with Crippen LogP contribution in [0.3, 0.4) is 0 Å². The molecule has 0 radical (unpaired) electrons. The third kappa shape index (κ3) is 5.01. The molecule has 2 aromatic carbocycles. The van der Waals surface area contributed by atoms with Crippen molar-refractivity contribution in [3.8, 4) is 5.69 Å². The molecule has 2 aromatic heterocycles. The van der Waals surface area contributed by atoms with E-state index in [1.54, 1.807) is 40.7 Å². The minimum Gasteiger partial charge on any atom is -0.337 e. The van der Waals surface area contributed by atoms with Gasteiger partial charge in [-0.1, -0.05) is 42.1 Å². The second kappa shape index (κ2) is 10.5. The number of carbonyl (C=O) groups is 3. The summed E-state index contributed by atoms with van der Waals surface area (Å²) in [6.45, 7) is 6.00. The summed E-state index contributed by atoms with van der Waals surface area (Å²) in [5, 5.41) is 3.83. The van der Waals surface area contributed by atoms with E-state index in [0.717, 1.165) is 16.0 Å². The summed E-state index contributed by atoms with van der Waals surface area (Å²) in [6.07, 6.45) is 0.605. The number of aryl methyl sites for hydroxylation is 1. The van der Waals surface area contributed by atoms with E-state index in [1.165, 1.54) is 30.0 Å². The smallest absolute Gasteiger partial charge is 0.267 e. The van der Waals surface area contributed by atoms with Crippen LogP contribution in [0.5, 0.6) is 0 Å². The molecule has 8 nitrogen and oxygen atoms in total. The maximum Gasteiger partial charge on any atom is 0.267 e. The number of anilines is 1. The van der Waals surface area contributed by atoms with Crippen molar-refractivity contribution in [2.75, 3.05) is 17.6 Å². The van der Waals surface area contributed by atoms with E-state index >= 15 is 0 Å². The summed E-state index contributed by atoms with van der Waals surface area (Å²) in [5.41, 5.74) is 3.46. The highest BCUT2D eigenvalue weighted by Gasteiger charge is 2.27. The molecule has 4 aromatic rings. The number of fused-ring (bicyclic) bond motifs is 3. The minimum atomic E-state index is -0.274. The Labute approximate surface area is 227 Å². The maximum absolute atomic E-state index is 14.0. The highest BCUT2D eigenvalue weighted by Crippen LogP contribution is 2.34. The molecule has 1 N–H and O–H groups in total. The lowest BCUT2D eigenvalue weighted by Crippen LogP contribution is -2.34. The van der Waals surface area contributed by atoms with Gasteiger partial charge in [0, 0.05) is 29.6 Å². The number of para-hydroxylation sites is 1. The molecule has 3 heterocycles. The third-order valence-corrected chi connectivity index (χ3v) is 8.58. The molecule has 10 heteroatoms. The number of amides is 2. The number of hydrogen-bond acceptors (Lipinski definition) is 7. The molecule has 0 unspecified atom stereocenters. The first-order chi connectivity index (χ1) is 18.2. The highest BCUT2D eigenvalue weighted by molar-refractivity contribution is 7.99. The standard InChI is InChI=1S/C28H26N4O4S2/c1-16-7-4-5-10-22(16)32-27(36)25-21-11-12-31(18(3)34)14-23(21)38-26(25)30-28(32)37-15-24(35)29-20-9-6-8-19(13-20)17(2)33/h4-10,13H,11-12,14-15H2,1-3H3,(H,29,35). The minimum absolute atomic E-state index is 0.00878. The molecule has 0 fully saturated rings. The first kappa shape index (κ1) is 25.9. The van der Waals surface area contributed by atoms with E-state index in [1.807, 2.05) is 31.2 Å². The Morgan fingerprint density at radius 2 is 1.89 bits per heavy atom. The van der Waals surface area contributed by atoms with E-state index < -0.39 is 0 Å². The summed E-state index contributed by atoms with van der Waals surface area (Å²) in [4.78, 5) is 58.7. The van der Waals surface area contributed by atoms with Gasteiger partial charge >= 0.3 is 0 Å². The maximum atomic E-state index is 14.0. The summed E-state index contributed by atoms with van der Waals surface area (Å²) in [6, 6.07) is 14.4. The summed E-state index contributed by atoms with van der Waals surface area (Å²) in [5.74, 6) is -0.323. The zero-order valence-electron chi connectivity index (χ0n) is 21.2. The normalized spacial score (nSPS) is 12.9. The highest BCUT2D eigenvalue weighted by atomic mass is 32.2. The number of benzene rings is 2. The number of aromatic nitrogens is 2. The molecule has 1 aliphatic heterocycles. The van der Waals surface area contributed by atoms with Gasteiger partial charge in [0.25, 0.3) is 5.56 Å². The van der Waals surface area contributed by atoms with Crippen LogP contribution in [0, 0.1) is 6.92 Å². The van der Waals surface area contributed by atoms with E-state index in [2.05, 4.69) is 5.32 Å². The van der Waals surface area contributed by atoms with Crippen molar-refractivity contribution in [3.05, 3.63) is 80.5 Å². The van der Waals surface area contributed by atoms with E-state index in [4.69, 9.17) is 4.98 Å². The molecule has 38 heavy (non-hydrogen) atoms. The van der Waals surface area contributed by atoms with Crippen LogP contribution in [0.15, 0.2) is 58.5 Å². The van der Waals surface area contributed by atoms with E-state index in [9.17, 15) is 19.2 Å². The lowest BCUT2D eigenvalue weighted by Gasteiger charge is -2.25. The van der Waals surface area contributed by atoms with Crippen molar-refractivity contribution in [2.45, 2.75) is 38.9 Å². The molecule has 2 amide bonds. The van der Waals surface area contributed by atoms with Crippen LogP contribution in [0.4, 0.5) is 5.69 Å².